The molecule has 1 aliphatic carbocycles. The summed E-state index contributed by atoms with van der Waals surface area (Å²) in [6.07, 6.45) is 12.8. The molecule has 3 nitrogen and oxygen atoms in total. The van der Waals surface area contributed by atoms with Gasteiger partial charge in [-0.25, -0.2) is 8.42 Å². The highest BCUT2D eigenvalue weighted by molar-refractivity contribution is 7.89. The molecule has 1 saturated heterocycles. The van der Waals surface area contributed by atoms with Crippen LogP contribution in [0, 0.1) is 11.8 Å². The number of rotatable bonds is 4. The van der Waals surface area contributed by atoms with Crippen molar-refractivity contribution in [3.63, 3.8) is 0 Å². The van der Waals surface area contributed by atoms with Crippen molar-refractivity contribution in [1.82, 2.24) is 4.31 Å². The number of hydrogen-bond acceptors (Lipinski definition) is 2. The number of sulfonamides is 1. The van der Waals surface area contributed by atoms with Crippen molar-refractivity contribution >= 4 is 10.0 Å². The Labute approximate surface area is 139 Å². The first kappa shape index (κ1) is 16.5. The highest BCUT2D eigenvalue weighted by atomic mass is 32.2. The SMILES string of the molecule is CCc1ccc(S(=O)(=O)N2CCC(C3C=CCC=C3)CC2)cc1. The predicted molar refractivity (Wildman–Crippen MR) is 93.7 cm³/mol. The van der Waals surface area contributed by atoms with Crippen molar-refractivity contribution < 1.29 is 8.42 Å². The summed E-state index contributed by atoms with van der Waals surface area (Å²) >= 11 is 0. The predicted octanol–water partition coefficient (Wildman–Crippen LogP) is 3.78. The van der Waals surface area contributed by atoms with E-state index in [0.29, 0.717) is 29.8 Å². The molecular weight excluding hydrogens is 306 g/mol. The molecule has 2 aliphatic rings. The van der Waals surface area contributed by atoms with Crippen molar-refractivity contribution in [2.75, 3.05) is 13.1 Å². The highest BCUT2D eigenvalue weighted by Crippen LogP contribution is 2.31. The summed E-state index contributed by atoms with van der Waals surface area (Å²) in [6, 6.07) is 7.31. The van der Waals surface area contributed by atoms with Gasteiger partial charge < -0.3 is 0 Å². The van der Waals surface area contributed by atoms with Gasteiger partial charge in [-0.2, -0.15) is 4.31 Å². The molecule has 0 unspecified atom stereocenters. The maximum absolute atomic E-state index is 12.8. The lowest BCUT2D eigenvalue weighted by atomic mass is 9.83. The molecule has 1 aliphatic heterocycles. The van der Waals surface area contributed by atoms with Crippen LogP contribution in [0.3, 0.4) is 0 Å². The summed E-state index contributed by atoms with van der Waals surface area (Å²) in [4.78, 5) is 0.422. The molecule has 0 saturated carbocycles. The van der Waals surface area contributed by atoms with Crippen LogP contribution >= 0.6 is 0 Å². The zero-order chi connectivity index (χ0) is 16.3. The van der Waals surface area contributed by atoms with Gasteiger partial charge in [0.25, 0.3) is 0 Å². The quantitative estimate of drug-likeness (QED) is 0.787. The molecule has 0 radical (unpaired) electrons. The summed E-state index contributed by atoms with van der Waals surface area (Å²) in [7, 11) is -3.34. The van der Waals surface area contributed by atoms with Crippen molar-refractivity contribution in [3.8, 4) is 0 Å². The van der Waals surface area contributed by atoms with Gasteiger partial charge in [0.2, 0.25) is 10.0 Å². The molecule has 0 aromatic heterocycles. The molecule has 0 spiro atoms. The highest BCUT2D eigenvalue weighted by Gasteiger charge is 2.31. The summed E-state index contributed by atoms with van der Waals surface area (Å²) in [5.41, 5.74) is 1.17. The fraction of sp³-hybridized carbons (Fsp3) is 0.474. The van der Waals surface area contributed by atoms with Crippen LogP contribution in [-0.2, 0) is 16.4 Å². The largest absolute Gasteiger partial charge is 0.243 e. The molecule has 1 aromatic rings. The smallest absolute Gasteiger partial charge is 0.207 e. The number of hydrogen-bond donors (Lipinski definition) is 0. The molecule has 1 aromatic carbocycles. The molecule has 0 atom stereocenters. The van der Waals surface area contributed by atoms with Crippen LogP contribution in [0.1, 0.15) is 31.7 Å². The molecule has 1 fully saturated rings. The first-order valence-corrected chi connectivity index (χ1v) is 9.97. The Balaban J connectivity index is 1.67. The minimum atomic E-state index is -3.34. The minimum Gasteiger partial charge on any atom is -0.207 e. The molecule has 3 rings (SSSR count). The van der Waals surface area contributed by atoms with Gasteiger partial charge in [0.15, 0.2) is 0 Å². The van der Waals surface area contributed by atoms with Gasteiger partial charge in [-0.05, 0) is 55.2 Å². The molecule has 4 heteroatoms. The van der Waals surface area contributed by atoms with Crippen molar-refractivity contribution in [2.45, 2.75) is 37.5 Å². The van der Waals surface area contributed by atoms with Gasteiger partial charge in [0.05, 0.1) is 4.90 Å². The monoisotopic (exact) mass is 331 g/mol. The van der Waals surface area contributed by atoms with E-state index in [4.69, 9.17) is 0 Å². The number of piperidine rings is 1. The van der Waals surface area contributed by atoms with E-state index >= 15 is 0 Å². The number of benzene rings is 1. The van der Waals surface area contributed by atoms with Gasteiger partial charge in [-0.1, -0.05) is 43.4 Å². The third kappa shape index (κ3) is 3.59. The van der Waals surface area contributed by atoms with E-state index in [2.05, 4.69) is 31.2 Å². The van der Waals surface area contributed by atoms with Gasteiger partial charge >= 0.3 is 0 Å². The van der Waals surface area contributed by atoms with Crippen molar-refractivity contribution in [2.24, 2.45) is 11.8 Å². The number of allylic oxidation sites excluding steroid dienone is 4. The Kier molecular flexibility index (Phi) is 5.02. The molecule has 23 heavy (non-hydrogen) atoms. The van der Waals surface area contributed by atoms with Gasteiger partial charge in [0.1, 0.15) is 0 Å². The maximum atomic E-state index is 12.8. The first-order chi connectivity index (χ1) is 11.1. The first-order valence-electron chi connectivity index (χ1n) is 8.53. The topological polar surface area (TPSA) is 37.4 Å². The van der Waals surface area contributed by atoms with Gasteiger partial charge in [0, 0.05) is 13.1 Å². The Bertz CT molecular complexity index is 669. The van der Waals surface area contributed by atoms with Crippen LogP contribution < -0.4 is 0 Å². The summed E-state index contributed by atoms with van der Waals surface area (Å²) in [6.45, 7) is 3.32. The van der Waals surface area contributed by atoms with E-state index in [9.17, 15) is 8.42 Å². The Morgan fingerprint density at radius 3 is 2.22 bits per heavy atom. The Hall–Kier alpha value is -1.39. The van der Waals surface area contributed by atoms with E-state index < -0.39 is 10.0 Å². The van der Waals surface area contributed by atoms with Gasteiger partial charge in [-0.3, -0.25) is 0 Å². The average Bonchev–Trinajstić information content (AvgIpc) is 2.62. The van der Waals surface area contributed by atoms with Crippen LogP contribution in [0.2, 0.25) is 0 Å². The fourth-order valence-corrected chi connectivity index (χ4v) is 4.95. The summed E-state index contributed by atoms with van der Waals surface area (Å²) in [5, 5.41) is 0. The van der Waals surface area contributed by atoms with E-state index in [0.717, 1.165) is 25.7 Å². The lowest BCUT2D eigenvalue weighted by Gasteiger charge is -2.34. The van der Waals surface area contributed by atoms with Crippen molar-refractivity contribution in [3.05, 3.63) is 54.1 Å². The van der Waals surface area contributed by atoms with Crippen LogP contribution in [0.4, 0.5) is 0 Å². The molecule has 0 bridgehead atoms. The minimum absolute atomic E-state index is 0.422. The molecule has 124 valence electrons. The van der Waals surface area contributed by atoms with E-state index in [1.807, 2.05) is 12.1 Å². The van der Waals surface area contributed by atoms with Crippen LogP contribution in [0.25, 0.3) is 0 Å². The molecule has 0 amide bonds. The fourth-order valence-electron chi connectivity index (χ4n) is 3.48. The van der Waals surface area contributed by atoms with Crippen molar-refractivity contribution in [1.29, 1.82) is 0 Å². The molecule has 1 heterocycles. The lowest BCUT2D eigenvalue weighted by Crippen LogP contribution is -2.39. The van der Waals surface area contributed by atoms with E-state index in [1.54, 1.807) is 16.4 Å². The van der Waals surface area contributed by atoms with E-state index in [1.165, 1.54) is 5.56 Å². The van der Waals surface area contributed by atoms with Gasteiger partial charge in [-0.15, -0.1) is 0 Å². The maximum Gasteiger partial charge on any atom is 0.243 e. The zero-order valence-electron chi connectivity index (χ0n) is 13.7. The number of nitrogens with zero attached hydrogens (tertiary/aromatic N) is 1. The summed E-state index contributed by atoms with van der Waals surface area (Å²) < 4.78 is 27.2. The lowest BCUT2D eigenvalue weighted by molar-refractivity contribution is 0.250. The van der Waals surface area contributed by atoms with Crippen LogP contribution in [0.15, 0.2) is 53.5 Å². The standard InChI is InChI=1S/C19H25NO2S/c1-2-16-8-10-19(11-9-16)23(21,22)20-14-12-18(13-15-20)17-6-4-3-5-7-17/h4-11,17-18H,2-3,12-15H2,1H3. The summed E-state index contributed by atoms with van der Waals surface area (Å²) in [5.74, 6) is 1.05. The third-order valence-electron chi connectivity index (χ3n) is 5.00. The third-order valence-corrected chi connectivity index (χ3v) is 6.91. The second kappa shape index (κ2) is 7.02. The van der Waals surface area contributed by atoms with E-state index in [-0.39, 0.29) is 0 Å². The normalized spacial score (nSPS) is 20.9. The zero-order valence-corrected chi connectivity index (χ0v) is 14.5. The van der Waals surface area contributed by atoms with Crippen LogP contribution in [-0.4, -0.2) is 25.8 Å². The van der Waals surface area contributed by atoms with Crippen LogP contribution in [0.5, 0.6) is 0 Å². The Morgan fingerprint density at radius 2 is 1.65 bits per heavy atom. The Morgan fingerprint density at radius 1 is 1.04 bits per heavy atom. The second-order valence-electron chi connectivity index (χ2n) is 6.41. The molecule has 0 N–H and O–H groups in total. The number of aryl methyl sites for hydroxylation is 1. The molecular formula is C19H25NO2S. The second-order valence-corrected chi connectivity index (χ2v) is 8.35. The average molecular weight is 331 g/mol.